The number of carbonyl (C=O) groups excluding carboxylic acids is 1. The van der Waals surface area contributed by atoms with Crippen LogP contribution in [0.15, 0.2) is 45.8 Å². The second kappa shape index (κ2) is 5.85. The Morgan fingerprint density at radius 2 is 1.65 bits per heavy atom. The number of benzene rings is 2. The highest BCUT2D eigenvalue weighted by atomic mass is 79.9. The van der Waals surface area contributed by atoms with Crippen molar-refractivity contribution in [2.75, 3.05) is 6.54 Å². The molecule has 120 valence electrons. The van der Waals surface area contributed by atoms with Gasteiger partial charge in [0.25, 0.3) is 0 Å². The highest BCUT2D eigenvalue weighted by Crippen LogP contribution is 2.31. The van der Waals surface area contributed by atoms with E-state index in [2.05, 4.69) is 15.9 Å². The van der Waals surface area contributed by atoms with E-state index in [1.54, 1.807) is 24.3 Å². The maximum atomic E-state index is 12.8. The number of rotatable bonds is 2. The van der Waals surface area contributed by atoms with Gasteiger partial charge in [0.1, 0.15) is 0 Å². The van der Waals surface area contributed by atoms with Gasteiger partial charge in [-0.1, -0.05) is 39.7 Å². The molecule has 0 saturated heterocycles. The molecule has 6 heteroatoms. The number of Topliss-reactive ketones (excluding diaryl/α,β-unsaturated/α-hetero) is 1. The number of sulfonamides is 1. The van der Waals surface area contributed by atoms with Crippen LogP contribution in [0.2, 0.25) is 0 Å². The molecule has 0 spiro atoms. The van der Waals surface area contributed by atoms with E-state index in [0.717, 1.165) is 21.2 Å². The summed E-state index contributed by atoms with van der Waals surface area (Å²) in [5.41, 5.74) is 3.23. The van der Waals surface area contributed by atoms with Crippen LogP contribution < -0.4 is 0 Å². The summed E-state index contributed by atoms with van der Waals surface area (Å²) in [5, 5.41) is 0. The van der Waals surface area contributed by atoms with E-state index < -0.39 is 10.0 Å². The highest BCUT2D eigenvalue weighted by molar-refractivity contribution is 9.10. The lowest BCUT2D eigenvalue weighted by Gasteiger charge is -2.28. The molecule has 0 radical (unpaired) electrons. The monoisotopic (exact) mass is 393 g/mol. The van der Waals surface area contributed by atoms with E-state index in [1.807, 2.05) is 26.0 Å². The molecule has 0 amide bonds. The van der Waals surface area contributed by atoms with E-state index in [0.29, 0.717) is 5.56 Å². The van der Waals surface area contributed by atoms with Crippen LogP contribution in [0.25, 0.3) is 0 Å². The number of halogens is 1. The fourth-order valence-corrected chi connectivity index (χ4v) is 4.60. The lowest BCUT2D eigenvalue weighted by Crippen LogP contribution is -2.40. The average molecular weight is 394 g/mol. The van der Waals surface area contributed by atoms with Crippen molar-refractivity contribution < 1.29 is 13.2 Å². The zero-order chi connectivity index (χ0) is 16.8. The summed E-state index contributed by atoms with van der Waals surface area (Å²) in [4.78, 5) is 12.7. The van der Waals surface area contributed by atoms with Gasteiger partial charge in [-0.25, -0.2) is 8.42 Å². The molecule has 2 aromatic rings. The largest absolute Gasteiger partial charge is 0.293 e. The molecular weight excluding hydrogens is 378 g/mol. The van der Waals surface area contributed by atoms with E-state index in [4.69, 9.17) is 0 Å². The molecular formula is C17H16BrNO3S. The van der Waals surface area contributed by atoms with Crippen molar-refractivity contribution in [1.29, 1.82) is 0 Å². The third-order valence-corrected chi connectivity index (χ3v) is 6.60. The second-order valence-corrected chi connectivity index (χ2v) is 8.52. The number of nitrogens with zero attached hydrogens (tertiary/aromatic N) is 1. The molecule has 4 nitrogen and oxygen atoms in total. The topological polar surface area (TPSA) is 54.5 Å². The number of fused-ring (bicyclic) bond motifs is 1. The second-order valence-electron chi connectivity index (χ2n) is 5.73. The molecule has 1 aliphatic rings. The predicted molar refractivity (Wildman–Crippen MR) is 92.0 cm³/mol. The Labute approximate surface area is 144 Å². The van der Waals surface area contributed by atoms with Crippen molar-refractivity contribution in [3.63, 3.8) is 0 Å². The smallest absolute Gasteiger partial charge is 0.243 e. The molecule has 0 aliphatic carbocycles. The predicted octanol–water partition coefficient (Wildman–Crippen LogP) is 3.45. The summed E-state index contributed by atoms with van der Waals surface area (Å²) < 4.78 is 27.6. The first kappa shape index (κ1) is 16.4. The van der Waals surface area contributed by atoms with Crippen LogP contribution in [0.1, 0.15) is 27.0 Å². The van der Waals surface area contributed by atoms with Crippen molar-refractivity contribution >= 4 is 31.7 Å². The standard InChI is InChI=1S/C17H16BrNO3S/c1-11-3-6-13(7-4-11)23(21,22)19-9-14-15(18)8-5-12(2)17(14)16(20)10-19/h3-8H,9-10H2,1-2H3. The first-order valence-corrected chi connectivity index (χ1v) is 9.42. The van der Waals surface area contributed by atoms with Gasteiger partial charge in [-0.2, -0.15) is 4.31 Å². The molecule has 0 saturated carbocycles. The van der Waals surface area contributed by atoms with Crippen LogP contribution in [0, 0.1) is 13.8 Å². The quantitative estimate of drug-likeness (QED) is 0.784. The fourth-order valence-electron chi connectivity index (χ4n) is 2.78. The van der Waals surface area contributed by atoms with Gasteiger partial charge < -0.3 is 0 Å². The number of ketones is 1. The summed E-state index contributed by atoms with van der Waals surface area (Å²) in [6.45, 7) is 3.84. The Bertz CT molecular complexity index is 889. The molecule has 0 bridgehead atoms. The third-order valence-electron chi connectivity index (χ3n) is 4.06. The molecule has 1 aliphatic heterocycles. The van der Waals surface area contributed by atoms with E-state index >= 15 is 0 Å². The van der Waals surface area contributed by atoms with Gasteiger partial charge in [0, 0.05) is 16.6 Å². The summed E-state index contributed by atoms with van der Waals surface area (Å²) >= 11 is 3.43. The van der Waals surface area contributed by atoms with Gasteiger partial charge in [0.2, 0.25) is 10.0 Å². The average Bonchev–Trinajstić information content (AvgIpc) is 2.51. The Balaban J connectivity index is 2.05. The number of hydrogen-bond acceptors (Lipinski definition) is 3. The molecule has 2 aromatic carbocycles. The minimum absolute atomic E-state index is 0.125. The van der Waals surface area contributed by atoms with Crippen molar-refractivity contribution in [2.45, 2.75) is 25.3 Å². The van der Waals surface area contributed by atoms with Crippen molar-refractivity contribution in [3.05, 3.63) is 63.1 Å². The summed E-state index contributed by atoms with van der Waals surface area (Å²) in [6.07, 6.45) is 0. The third kappa shape index (κ3) is 2.86. The van der Waals surface area contributed by atoms with Crippen LogP contribution in [0.3, 0.4) is 0 Å². The maximum absolute atomic E-state index is 12.8. The normalized spacial score (nSPS) is 15.5. The van der Waals surface area contributed by atoms with Gasteiger partial charge in [-0.3, -0.25) is 4.79 Å². The minimum Gasteiger partial charge on any atom is -0.293 e. The van der Waals surface area contributed by atoms with Crippen LogP contribution in [0.5, 0.6) is 0 Å². The molecule has 0 atom stereocenters. The molecule has 0 unspecified atom stereocenters. The lowest BCUT2D eigenvalue weighted by molar-refractivity contribution is 0.0948. The SMILES string of the molecule is Cc1ccc(S(=O)(=O)N2CC(=O)c3c(C)ccc(Br)c3C2)cc1. The molecule has 3 rings (SSSR count). The first-order chi connectivity index (χ1) is 10.8. The van der Waals surface area contributed by atoms with Gasteiger partial charge in [0.15, 0.2) is 5.78 Å². The van der Waals surface area contributed by atoms with Gasteiger partial charge >= 0.3 is 0 Å². The number of aryl methyl sites for hydroxylation is 2. The minimum atomic E-state index is -3.69. The van der Waals surface area contributed by atoms with E-state index in [1.165, 1.54) is 4.31 Å². The zero-order valence-corrected chi connectivity index (χ0v) is 15.2. The van der Waals surface area contributed by atoms with Gasteiger partial charge in [0.05, 0.1) is 11.4 Å². The molecule has 0 fully saturated rings. The summed E-state index contributed by atoms with van der Waals surface area (Å²) in [7, 11) is -3.69. The summed E-state index contributed by atoms with van der Waals surface area (Å²) in [5.74, 6) is -0.166. The molecule has 1 heterocycles. The Morgan fingerprint density at radius 1 is 1.00 bits per heavy atom. The van der Waals surface area contributed by atoms with Crippen LogP contribution in [-0.4, -0.2) is 25.1 Å². The molecule has 0 aromatic heterocycles. The molecule has 23 heavy (non-hydrogen) atoms. The maximum Gasteiger partial charge on any atom is 0.243 e. The van der Waals surface area contributed by atoms with Crippen LogP contribution in [0.4, 0.5) is 0 Å². The zero-order valence-electron chi connectivity index (χ0n) is 12.8. The van der Waals surface area contributed by atoms with Crippen molar-refractivity contribution in [2.24, 2.45) is 0 Å². The Morgan fingerprint density at radius 3 is 2.30 bits per heavy atom. The number of carbonyl (C=O) groups is 1. The Kier molecular flexibility index (Phi) is 4.16. The van der Waals surface area contributed by atoms with Crippen molar-refractivity contribution in [3.8, 4) is 0 Å². The fraction of sp³-hybridized carbons (Fsp3) is 0.235. The lowest BCUT2D eigenvalue weighted by atomic mass is 9.95. The van der Waals surface area contributed by atoms with Gasteiger partial charge in [-0.15, -0.1) is 0 Å². The highest BCUT2D eigenvalue weighted by Gasteiger charge is 2.34. The first-order valence-electron chi connectivity index (χ1n) is 7.18. The molecule has 0 N–H and O–H groups in total. The van der Waals surface area contributed by atoms with Crippen LogP contribution >= 0.6 is 15.9 Å². The van der Waals surface area contributed by atoms with E-state index in [9.17, 15) is 13.2 Å². The number of hydrogen-bond donors (Lipinski definition) is 0. The van der Waals surface area contributed by atoms with E-state index in [-0.39, 0.29) is 23.8 Å². The van der Waals surface area contributed by atoms with Crippen molar-refractivity contribution in [1.82, 2.24) is 4.31 Å². The van der Waals surface area contributed by atoms with Gasteiger partial charge in [-0.05, 0) is 43.2 Å². The Hall–Kier alpha value is -1.50. The summed E-state index contributed by atoms with van der Waals surface area (Å²) in [6, 6.07) is 10.4. The van der Waals surface area contributed by atoms with Crippen LogP contribution in [-0.2, 0) is 16.6 Å².